The minimum absolute atomic E-state index is 0.0419. The quantitative estimate of drug-likeness (QED) is 0.484. The van der Waals surface area contributed by atoms with Crippen LogP contribution in [-0.2, 0) is 23.9 Å². The number of hydrogen-bond acceptors (Lipinski definition) is 6. The van der Waals surface area contributed by atoms with Gasteiger partial charge < -0.3 is 19.3 Å². The van der Waals surface area contributed by atoms with Gasteiger partial charge in [0.15, 0.2) is 0 Å². The van der Waals surface area contributed by atoms with Crippen LogP contribution in [0.15, 0.2) is 60.7 Å². The van der Waals surface area contributed by atoms with E-state index in [2.05, 4.69) is 9.64 Å². The Labute approximate surface area is 183 Å². The lowest BCUT2D eigenvalue weighted by Crippen LogP contribution is -2.39. The average molecular weight is 427 g/mol. The van der Waals surface area contributed by atoms with Crippen LogP contribution < -0.4 is 9.80 Å². The van der Waals surface area contributed by atoms with Crippen LogP contribution in [0, 0.1) is 0 Å². The number of para-hydroxylation sites is 2. The van der Waals surface area contributed by atoms with E-state index in [4.69, 9.17) is 4.74 Å². The van der Waals surface area contributed by atoms with Crippen LogP contribution in [0.1, 0.15) is 25.7 Å². The highest BCUT2D eigenvalue weighted by atomic mass is 16.5. The second kappa shape index (κ2) is 13.1. The Kier molecular flexibility index (Phi) is 10.1. The van der Waals surface area contributed by atoms with Crippen LogP contribution in [0.3, 0.4) is 0 Å². The summed E-state index contributed by atoms with van der Waals surface area (Å²) in [6.45, 7) is 1.67. The molecule has 7 heteroatoms. The monoisotopic (exact) mass is 426 g/mol. The molecule has 0 heterocycles. The predicted octanol–water partition coefficient (Wildman–Crippen LogP) is 3.43. The number of carbonyl (C=O) groups is 3. The SMILES string of the molecule is COC(=O)CCCN(CCN(C(=O)CCC(=O)OC)c1ccccc1)c1ccccc1. The van der Waals surface area contributed by atoms with Crippen LogP contribution in [0.4, 0.5) is 11.4 Å². The van der Waals surface area contributed by atoms with Gasteiger partial charge in [-0.3, -0.25) is 14.4 Å². The lowest BCUT2D eigenvalue weighted by Gasteiger charge is -2.29. The van der Waals surface area contributed by atoms with Gasteiger partial charge >= 0.3 is 11.9 Å². The van der Waals surface area contributed by atoms with Gasteiger partial charge in [-0.15, -0.1) is 0 Å². The molecule has 0 spiro atoms. The number of anilines is 2. The minimum atomic E-state index is -0.407. The van der Waals surface area contributed by atoms with Gasteiger partial charge in [-0.05, 0) is 30.7 Å². The fourth-order valence-corrected chi connectivity index (χ4v) is 3.20. The molecule has 1 amide bonds. The van der Waals surface area contributed by atoms with E-state index in [0.717, 1.165) is 11.4 Å². The topological polar surface area (TPSA) is 76.2 Å². The molecule has 0 aliphatic rings. The first-order chi connectivity index (χ1) is 15.0. The zero-order valence-corrected chi connectivity index (χ0v) is 18.2. The van der Waals surface area contributed by atoms with Crippen LogP contribution >= 0.6 is 0 Å². The molecule has 31 heavy (non-hydrogen) atoms. The molecule has 0 saturated heterocycles. The molecule has 2 rings (SSSR count). The highest BCUT2D eigenvalue weighted by Gasteiger charge is 2.19. The third-order valence-electron chi connectivity index (χ3n) is 4.89. The van der Waals surface area contributed by atoms with E-state index in [9.17, 15) is 14.4 Å². The fraction of sp³-hybridized carbons (Fsp3) is 0.375. The number of rotatable bonds is 12. The van der Waals surface area contributed by atoms with Crippen molar-refractivity contribution in [3.8, 4) is 0 Å². The van der Waals surface area contributed by atoms with E-state index >= 15 is 0 Å². The molecule has 166 valence electrons. The molecule has 0 aromatic heterocycles. The van der Waals surface area contributed by atoms with Gasteiger partial charge in [-0.2, -0.15) is 0 Å². The Morgan fingerprint density at radius 3 is 1.81 bits per heavy atom. The summed E-state index contributed by atoms with van der Waals surface area (Å²) in [6.07, 6.45) is 1.10. The lowest BCUT2D eigenvalue weighted by molar-refractivity contribution is -0.142. The smallest absolute Gasteiger partial charge is 0.306 e. The zero-order valence-electron chi connectivity index (χ0n) is 18.2. The molecule has 7 nitrogen and oxygen atoms in total. The Morgan fingerprint density at radius 1 is 0.677 bits per heavy atom. The summed E-state index contributed by atoms with van der Waals surface area (Å²) in [5, 5.41) is 0. The van der Waals surface area contributed by atoms with Crippen molar-refractivity contribution in [1.29, 1.82) is 0 Å². The summed E-state index contributed by atoms with van der Waals surface area (Å²) in [7, 11) is 2.70. The summed E-state index contributed by atoms with van der Waals surface area (Å²) in [5.74, 6) is -0.786. The van der Waals surface area contributed by atoms with Gasteiger partial charge in [0.05, 0.1) is 20.6 Å². The Hall–Kier alpha value is -3.35. The van der Waals surface area contributed by atoms with Crippen LogP contribution in [0.2, 0.25) is 0 Å². The molecule has 0 aliphatic heterocycles. The minimum Gasteiger partial charge on any atom is -0.469 e. The number of carbonyl (C=O) groups excluding carboxylic acids is 3. The number of amides is 1. The first kappa shape index (κ1) is 23.9. The lowest BCUT2D eigenvalue weighted by atomic mass is 10.2. The van der Waals surface area contributed by atoms with E-state index in [0.29, 0.717) is 32.5 Å². The van der Waals surface area contributed by atoms with Crippen molar-refractivity contribution in [3.63, 3.8) is 0 Å². The van der Waals surface area contributed by atoms with Gasteiger partial charge in [0.2, 0.25) is 5.91 Å². The van der Waals surface area contributed by atoms with Gasteiger partial charge in [0.1, 0.15) is 0 Å². The maximum atomic E-state index is 12.9. The summed E-state index contributed by atoms with van der Waals surface area (Å²) in [5.41, 5.74) is 1.79. The molecule has 0 atom stereocenters. The predicted molar refractivity (Wildman–Crippen MR) is 120 cm³/mol. The van der Waals surface area contributed by atoms with Crippen molar-refractivity contribution in [2.45, 2.75) is 25.7 Å². The Bertz CT molecular complexity index is 826. The first-order valence-electron chi connectivity index (χ1n) is 10.3. The summed E-state index contributed by atoms with van der Waals surface area (Å²) in [4.78, 5) is 39.7. The standard InChI is InChI=1S/C24H30N2O5/c1-30-23(28)14-9-17-25(20-10-5-3-6-11-20)18-19-26(21-12-7-4-8-13-21)22(27)15-16-24(29)31-2/h3-8,10-13H,9,14-19H2,1-2H3. The third-order valence-corrected chi connectivity index (χ3v) is 4.89. The van der Waals surface area contributed by atoms with Crippen molar-refractivity contribution < 1.29 is 23.9 Å². The number of methoxy groups -OCH3 is 2. The Morgan fingerprint density at radius 2 is 1.23 bits per heavy atom. The largest absolute Gasteiger partial charge is 0.469 e. The molecular formula is C24H30N2O5. The third kappa shape index (κ3) is 8.12. The van der Waals surface area contributed by atoms with Crippen LogP contribution in [-0.4, -0.2) is 51.7 Å². The van der Waals surface area contributed by atoms with E-state index in [1.54, 1.807) is 4.90 Å². The van der Waals surface area contributed by atoms with Crippen LogP contribution in [0.5, 0.6) is 0 Å². The van der Waals surface area contributed by atoms with Crippen molar-refractivity contribution >= 4 is 29.2 Å². The van der Waals surface area contributed by atoms with Crippen molar-refractivity contribution in [1.82, 2.24) is 0 Å². The molecule has 0 aliphatic carbocycles. The van der Waals surface area contributed by atoms with Gasteiger partial charge in [-0.25, -0.2) is 0 Å². The first-order valence-corrected chi connectivity index (χ1v) is 10.3. The summed E-state index contributed by atoms with van der Waals surface area (Å²) in [6, 6.07) is 19.3. The number of nitrogens with zero attached hydrogens (tertiary/aromatic N) is 2. The molecule has 2 aromatic carbocycles. The van der Waals surface area contributed by atoms with Crippen molar-refractivity contribution in [3.05, 3.63) is 60.7 Å². The molecule has 0 radical (unpaired) electrons. The van der Waals surface area contributed by atoms with E-state index in [1.807, 2.05) is 60.7 Å². The fourth-order valence-electron chi connectivity index (χ4n) is 3.20. The maximum Gasteiger partial charge on any atom is 0.306 e. The normalized spacial score (nSPS) is 10.3. The molecular weight excluding hydrogens is 396 g/mol. The van der Waals surface area contributed by atoms with Gasteiger partial charge in [-0.1, -0.05) is 36.4 Å². The van der Waals surface area contributed by atoms with Crippen molar-refractivity contribution in [2.24, 2.45) is 0 Å². The summed E-state index contributed by atoms with van der Waals surface area (Å²) >= 11 is 0. The van der Waals surface area contributed by atoms with E-state index < -0.39 is 5.97 Å². The molecule has 0 fully saturated rings. The van der Waals surface area contributed by atoms with Crippen molar-refractivity contribution in [2.75, 3.05) is 43.7 Å². The van der Waals surface area contributed by atoms with E-state index in [1.165, 1.54) is 14.2 Å². The number of esters is 2. The number of ether oxygens (including phenoxy) is 2. The molecule has 0 saturated carbocycles. The second-order valence-electron chi connectivity index (χ2n) is 6.96. The summed E-state index contributed by atoms with van der Waals surface area (Å²) < 4.78 is 9.39. The average Bonchev–Trinajstić information content (AvgIpc) is 2.82. The van der Waals surface area contributed by atoms with Gasteiger partial charge in [0, 0.05) is 43.9 Å². The van der Waals surface area contributed by atoms with Gasteiger partial charge in [0.25, 0.3) is 0 Å². The van der Waals surface area contributed by atoms with Crippen LogP contribution in [0.25, 0.3) is 0 Å². The highest BCUT2D eigenvalue weighted by Crippen LogP contribution is 2.18. The number of benzene rings is 2. The zero-order chi connectivity index (χ0) is 22.5. The molecule has 2 aromatic rings. The molecule has 0 unspecified atom stereocenters. The molecule has 0 bridgehead atoms. The number of hydrogen-bond donors (Lipinski definition) is 0. The molecule has 0 N–H and O–H groups in total. The second-order valence-corrected chi connectivity index (χ2v) is 6.96. The highest BCUT2D eigenvalue weighted by molar-refractivity contribution is 5.95. The maximum absolute atomic E-state index is 12.9. The Balaban J connectivity index is 2.11. The van der Waals surface area contributed by atoms with E-state index in [-0.39, 0.29) is 24.7 Å².